The summed E-state index contributed by atoms with van der Waals surface area (Å²) in [5.41, 5.74) is 5.13. The quantitative estimate of drug-likeness (QED) is 0.0193. The molecule has 0 aliphatic carbocycles. The SMILES string of the molecule is Cc1cc(SCC2=C(C(=O)O)N3C(=O)[C@@H](NC(=O)C(=NOCc4ccc(C(=O)O)c(O)c4O)c4csc(N)n4)[C@H]3SC2)n2nc(S(=O)(=O)O)nc2n1. The van der Waals surface area contributed by atoms with Crippen molar-refractivity contribution in [2.45, 2.75) is 35.1 Å². The number of nitrogens with zero attached hydrogens (tertiary/aromatic N) is 7. The molecule has 52 heavy (non-hydrogen) atoms. The number of aliphatic carboxylic acids is 1. The maximum absolute atomic E-state index is 13.5. The molecule has 1 aromatic carbocycles. The molecule has 0 saturated carbocycles. The fourth-order valence-electron chi connectivity index (χ4n) is 4.99. The van der Waals surface area contributed by atoms with Crippen LogP contribution in [0.5, 0.6) is 11.5 Å². The molecule has 0 unspecified atom stereocenters. The summed E-state index contributed by atoms with van der Waals surface area (Å²) in [6.45, 7) is 1.09. The number of aromatic hydroxyl groups is 2. The van der Waals surface area contributed by atoms with Crippen LogP contribution in [0.2, 0.25) is 0 Å². The number of phenols is 2. The highest BCUT2D eigenvalue weighted by molar-refractivity contribution is 8.01. The molecule has 4 aromatic rings. The Balaban J connectivity index is 1.19. The number of carbonyl (C=O) groups is 4. The Morgan fingerprint density at radius 3 is 2.56 bits per heavy atom. The van der Waals surface area contributed by atoms with E-state index in [-0.39, 0.29) is 39.4 Å². The van der Waals surface area contributed by atoms with Gasteiger partial charge in [-0.05, 0) is 24.6 Å². The number of thioether (sulfide) groups is 2. The van der Waals surface area contributed by atoms with Crippen molar-refractivity contribution in [3.63, 3.8) is 0 Å². The van der Waals surface area contributed by atoms with Gasteiger partial charge in [0.25, 0.3) is 22.7 Å². The Labute approximate surface area is 303 Å². The number of benzene rings is 1. The average Bonchev–Trinajstić information content (AvgIpc) is 3.72. The van der Waals surface area contributed by atoms with Crippen LogP contribution >= 0.6 is 34.9 Å². The fraction of sp³-hybridized carbons (Fsp3) is 0.222. The van der Waals surface area contributed by atoms with E-state index in [0.29, 0.717) is 16.3 Å². The van der Waals surface area contributed by atoms with E-state index in [1.165, 1.54) is 23.2 Å². The van der Waals surface area contributed by atoms with Gasteiger partial charge in [0.15, 0.2) is 22.3 Å². The van der Waals surface area contributed by atoms with Crippen molar-refractivity contribution in [1.82, 2.24) is 34.8 Å². The van der Waals surface area contributed by atoms with Gasteiger partial charge >= 0.3 is 22.1 Å². The summed E-state index contributed by atoms with van der Waals surface area (Å²) in [7, 11) is -4.73. The first-order valence-corrected chi connectivity index (χ1v) is 18.6. The zero-order valence-corrected chi connectivity index (χ0v) is 29.3. The molecular weight excluding hydrogens is 771 g/mol. The third-order valence-corrected chi connectivity index (χ3v) is 11.1. The minimum absolute atomic E-state index is 0.0214. The predicted molar refractivity (Wildman–Crippen MR) is 180 cm³/mol. The summed E-state index contributed by atoms with van der Waals surface area (Å²) < 4.78 is 33.6. The van der Waals surface area contributed by atoms with Gasteiger partial charge in [-0.3, -0.25) is 19.0 Å². The fourth-order valence-corrected chi connectivity index (χ4v) is 8.45. The highest BCUT2D eigenvalue weighted by Gasteiger charge is 2.54. The van der Waals surface area contributed by atoms with E-state index < -0.39 is 79.8 Å². The molecule has 0 bridgehead atoms. The van der Waals surface area contributed by atoms with Crippen LogP contribution in [0.1, 0.15) is 27.3 Å². The number of aromatic carboxylic acids is 1. The number of amides is 2. The molecular formula is C27H23N9O12S4. The minimum atomic E-state index is -4.73. The first-order chi connectivity index (χ1) is 24.5. The van der Waals surface area contributed by atoms with Crippen molar-refractivity contribution in [2.75, 3.05) is 17.2 Å². The maximum Gasteiger partial charge on any atom is 0.352 e. The van der Waals surface area contributed by atoms with Gasteiger partial charge in [-0.2, -0.15) is 17.9 Å². The van der Waals surface area contributed by atoms with E-state index in [2.05, 4.69) is 30.5 Å². The average molecular weight is 794 g/mol. The van der Waals surface area contributed by atoms with E-state index in [1.54, 1.807) is 13.0 Å². The molecule has 5 heterocycles. The summed E-state index contributed by atoms with van der Waals surface area (Å²) in [6.07, 6.45) is 0. The summed E-state index contributed by atoms with van der Waals surface area (Å²) >= 11 is 3.22. The number of rotatable bonds is 12. The predicted octanol–water partition coefficient (Wildman–Crippen LogP) is 0.279. The molecule has 2 aliphatic heterocycles. The number of nitrogens with one attached hydrogen (secondary N) is 1. The lowest BCUT2D eigenvalue weighted by Crippen LogP contribution is -2.71. The van der Waals surface area contributed by atoms with Crippen LogP contribution < -0.4 is 11.1 Å². The molecule has 1 saturated heterocycles. The van der Waals surface area contributed by atoms with Crippen molar-refractivity contribution in [2.24, 2.45) is 5.16 Å². The number of carboxylic acids is 2. The Morgan fingerprint density at radius 2 is 1.90 bits per heavy atom. The van der Waals surface area contributed by atoms with E-state index in [1.807, 2.05) is 0 Å². The summed E-state index contributed by atoms with van der Waals surface area (Å²) in [4.78, 5) is 68.6. The number of β-lactam (4-membered cyclic amide) rings is 1. The van der Waals surface area contributed by atoms with Crippen LogP contribution in [0.3, 0.4) is 0 Å². The molecule has 3 aromatic heterocycles. The Morgan fingerprint density at radius 1 is 1.15 bits per heavy atom. The van der Waals surface area contributed by atoms with Crippen molar-refractivity contribution in [1.29, 1.82) is 0 Å². The maximum atomic E-state index is 13.5. The van der Waals surface area contributed by atoms with Crippen molar-refractivity contribution in [3.8, 4) is 11.5 Å². The van der Waals surface area contributed by atoms with E-state index in [4.69, 9.17) is 15.7 Å². The Hall–Kier alpha value is -5.50. The molecule has 2 atom stereocenters. The van der Waals surface area contributed by atoms with E-state index in [9.17, 15) is 47.5 Å². The smallest absolute Gasteiger partial charge is 0.352 e. The topological polar surface area (TPSA) is 322 Å². The first-order valence-electron chi connectivity index (χ1n) is 14.3. The number of carboxylic acid groups (broad SMARTS) is 2. The largest absolute Gasteiger partial charge is 0.504 e. The molecule has 0 spiro atoms. The van der Waals surface area contributed by atoms with Crippen LogP contribution in [-0.4, -0.2) is 115 Å². The van der Waals surface area contributed by atoms with Gasteiger partial charge in [0.1, 0.15) is 40.0 Å². The number of oxime groups is 1. The van der Waals surface area contributed by atoms with Gasteiger partial charge < -0.3 is 36.3 Å². The van der Waals surface area contributed by atoms with Crippen molar-refractivity contribution in [3.05, 3.63) is 57.4 Å². The number of carbonyl (C=O) groups excluding carboxylic acids is 2. The number of aromatic nitrogens is 5. The molecule has 6 rings (SSSR count). The standard InChI is InChI=1S/C27H23N9O12S4/c1-9-4-14(36-26(29-9)32-27(33-36)52(45,46)47)49-6-11-7-50-22-16(21(40)35(22)17(11)24(43)44)31-20(39)15(13-8-51-25(28)30-13)34-48-5-10-2-3-12(23(41)42)19(38)18(10)37/h2-4,8,16,22,37-38H,5-7H2,1H3,(H2,28,30)(H,31,39)(H,41,42)(H,43,44)(H,45,46,47)/t16-,22-/m1/s1. The lowest BCUT2D eigenvalue weighted by Gasteiger charge is -2.49. The molecule has 21 nitrogen and oxygen atoms in total. The Kier molecular flexibility index (Phi) is 9.71. The number of hydrogen-bond acceptors (Lipinski definition) is 18. The van der Waals surface area contributed by atoms with Crippen molar-refractivity contribution < 1.29 is 57.4 Å². The lowest BCUT2D eigenvalue weighted by molar-refractivity contribution is -0.150. The van der Waals surface area contributed by atoms with Crippen LogP contribution in [0, 0.1) is 6.92 Å². The molecule has 8 N–H and O–H groups in total. The molecule has 2 aliphatic rings. The van der Waals surface area contributed by atoms with Crippen LogP contribution in [-0.2, 0) is 35.9 Å². The third kappa shape index (κ3) is 6.90. The highest BCUT2D eigenvalue weighted by atomic mass is 32.2. The molecule has 272 valence electrons. The number of nitrogen functional groups attached to an aromatic ring is 1. The monoisotopic (exact) mass is 793 g/mol. The van der Waals surface area contributed by atoms with Crippen LogP contribution in [0.25, 0.3) is 5.78 Å². The van der Waals surface area contributed by atoms with Gasteiger partial charge in [-0.25, -0.2) is 19.6 Å². The number of anilines is 1. The summed E-state index contributed by atoms with van der Waals surface area (Å²) in [5, 5.41) is 49.6. The van der Waals surface area contributed by atoms with Gasteiger partial charge in [-0.1, -0.05) is 11.2 Å². The van der Waals surface area contributed by atoms with Gasteiger partial charge in [0.2, 0.25) is 0 Å². The second-order valence-corrected chi connectivity index (χ2v) is 15.1. The summed E-state index contributed by atoms with van der Waals surface area (Å²) in [5.74, 6) is -6.19. The van der Waals surface area contributed by atoms with E-state index in [0.717, 1.165) is 38.6 Å². The second-order valence-electron chi connectivity index (χ2n) is 10.8. The number of thiazole rings is 1. The zero-order chi connectivity index (χ0) is 37.6. The third-order valence-electron chi connectivity index (χ3n) is 7.37. The number of aryl methyl sites for hydroxylation is 1. The molecule has 25 heteroatoms. The number of hydrogen-bond donors (Lipinski definition) is 7. The minimum Gasteiger partial charge on any atom is -0.504 e. The van der Waals surface area contributed by atoms with Gasteiger partial charge in [-0.15, -0.1) is 40.0 Å². The number of phenolic OH excluding ortho intramolecular Hbond substituents is 1. The normalized spacial score (nSPS) is 17.5. The van der Waals surface area contributed by atoms with Crippen LogP contribution in [0.4, 0.5) is 5.13 Å². The van der Waals surface area contributed by atoms with Gasteiger partial charge in [0.05, 0.1) is 0 Å². The van der Waals surface area contributed by atoms with Crippen molar-refractivity contribution >= 4 is 85.4 Å². The molecule has 2 amide bonds. The van der Waals surface area contributed by atoms with Crippen LogP contribution in [0.15, 0.2) is 50.2 Å². The number of fused-ring (bicyclic) bond motifs is 2. The lowest BCUT2D eigenvalue weighted by atomic mass is 10.0. The first kappa shape index (κ1) is 36.3. The number of nitrogens with two attached hydrogens (primary N) is 1. The summed E-state index contributed by atoms with van der Waals surface area (Å²) in [6, 6.07) is 2.57. The highest BCUT2D eigenvalue weighted by Crippen LogP contribution is 2.42. The van der Waals surface area contributed by atoms with Gasteiger partial charge in [0, 0.05) is 28.1 Å². The molecule has 1 fully saturated rings. The second kappa shape index (κ2) is 13.9. The Bertz CT molecular complexity index is 2360. The molecule has 0 radical (unpaired) electrons. The zero-order valence-electron chi connectivity index (χ0n) is 26.0. The van der Waals surface area contributed by atoms with E-state index >= 15 is 0 Å².